The first-order valence-electron chi connectivity index (χ1n) is 7.71. The minimum Gasteiger partial charge on any atom is -0.477 e. The normalized spacial score (nSPS) is 12.1. The number of nitrogens with zero attached hydrogens (tertiary/aromatic N) is 1. The van der Waals surface area contributed by atoms with Crippen LogP contribution in [0.5, 0.6) is 5.88 Å². The molecular formula is C18H18N2O3S. The van der Waals surface area contributed by atoms with Crippen molar-refractivity contribution in [2.75, 3.05) is 13.2 Å². The van der Waals surface area contributed by atoms with E-state index in [9.17, 15) is 9.90 Å². The number of benzene rings is 1. The Balaban J connectivity index is 1.67. The number of fused-ring (bicyclic) bond motifs is 1. The molecule has 3 aromatic rings. The molecule has 0 saturated carbocycles. The van der Waals surface area contributed by atoms with E-state index in [1.54, 1.807) is 18.3 Å². The zero-order valence-electron chi connectivity index (χ0n) is 13.2. The second-order valence-corrected chi connectivity index (χ2v) is 6.32. The number of hydrogen-bond donors (Lipinski definition) is 2. The summed E-state index contributed by atoms with van der Waals surface area (Å²) in [6, 6.07) is 13.2. The van der Waals surface area contributed by atoms with Crippen molar-refractivity contribution >= 4 is 27.3 Å². The van der Waals surface area contributed by atoms with Gasteiger partial charge in [0.2, 0.25) is 5.88 Å². The fourth-order valence-corrected chi connectivity index (χ4v) is 3.42. The van der Waals surface area contributed by atoms with Gasteiger partial charge in [0.25, 0.3) is 5.91 Å². The maximum absolute atomic E-state index is 12.3. The summed E-state index contributed by atoms with van der Waals surface area (Å²) >= 11 is 1.53. The van der Waals surface area contributed by atoms with E-state index in [2.05, 4.69) is 10.3 Å². The third-order valence-corrected chi connectivity index (χ3v) is 4.74. The van der Waals surface area contributed by atoms with Crippen LogP contribution in [0.2, 0.25) is 0 Å². The Kier molecular flexibility index (Phi) is 5.08. The second kappa shape index (κ2) is 7.42. The molecule has 1 amide bonds. The number of aromatic nitrogens is 1. The van der Waals surface area contributed by atoms with Crippen LogP contribution < -0.4 is 10.1 Å². The van der Waals surface area contributed by atoms with Gasteiger partial charge in [0.1, 0.15) is 11.7 Å². The molecule has 2 aromatic heterocycles. The van der Waals surface area contributed by atoms with Gasteiger partial charge in [-0.25, -0.2) is 4.98 Å². The topological polar surface area (TPSA) is 71.5 Å². The summed E-state index contributed by atoms with van der Waals surface area (Å²) in [7, 11) is 0. The molecule has 0 radical (unpaired) electrons. The molecule has 0 fully saturated rings. The van der Waals surface area contributed by atoms with Gasteiger partial charge in [0.15, 0.2) is 0 Å². The van der Waals surface area contributed by atoms with Crippen molar-refractivity contribution in [1.29, 1.82) is 0 Å². The van der Waals surface area contributed by atoms with Gasteiger partial charge in [-0.2, -0.15) is 0 Å². The molecule has 6 heteroatoms. The van der Waals surface area contributed by atoms with Crippen LogP contribution in [0.4, 0.5) is 0 Å². The zero-order chi connectivity index (χ0) is 16.9. The fourth-order valence-electron chi connectivity index (χ4n) is 2.37. The van der Waals surface area contributed by atoms with Gasteiger partial charge in [-0.15, -0.1) is 11.3 Å². The smallest absolute Gasteiger partial charge is 0.256 e. The van der Waals surface area contributed by atoms with Gasteiger partial charge < -0.3 is 15.2 Å². The van der Waals surface area contributed by atoms with Crippen LogP contribution in [0.25, 0.3) is 10.1 Å². The van der Waals surface area contributed by atoms with Crippen molar-refractivity contribution in [2.45, 2.75) is 13.0 Å². The predicted molar refractivity (Wildman–Crippen MR) is 94.5 cm³/mol. The van der Waals surface area contributed by atoms with E-state index >= 15 is 0 Å². The summed E-state index contributed by atoms with van der Waals surface area (Å²) in [4.78, 5) is 17.2. The molecule has 0 saturated heterocycles. The Bertz CT molecular complexity index is 814. The first-order valence-corrected chi connectivity index (χ1v) is 8.53. The number of pyridine rings is 1. The quantitative estimate of drug-likeness (QED) is 0.722. The van der Waals surface area contributed by atoms with Crippen LogP contribution in [-0.4, -0.2) is 29.1 Å². The van der Waals surface area contributed by atoms with E-state index in [0.29, 0.717) is 18.1 Å². The first-order chi connectivity index (χ1) is 11.7. The number of ether oxygens (including phenoxy) is 1. The van der Waals surface area contributed by atoms with Crippen LogP contribution in [0, 0.1) is 0 Å². The lowest BCUT2D eigenvalue weighted by molar-refractivity contribution is 0.0913. The molecule has 0 aliphatic rings. The second-order valence-electron chi connectivity index (χ2n) is 5.20. The Morgan fingerprint density at radius 2 is 2.17 bits per heavy atom. The minimum absolute atomic E-state index is 0.131. The van der Waals surface area contributed by atoms with Gasteiger partial charge >= 0.3 is 0 Å². The van der Waals surface area contributed by atoms with Crippen molar-refractivity contribution in [2.24, 2.45) is 0 Å². The van der Waals surface area contributed by atoms with Gasteiger partial charge in [-0.05, 0) is 36.6 Å². The monoisotopic (exact) mass is 342 g/mol. The van der Waals surface area contributed by atoms with Gasteiger partial charge in [0, 0.05) is 22.3 Å². The van der Waals surface area contributed by atoms with E-state index < -0.39 is 6.10 Å². The largest absolute Gasteiger partial charge is 0.477 e. The van der Waals surface area contributed by atoms with Crippen molar-refractivity contribution < 1.29 is 14.6 Å². The third kappa shape index (κ3) is 3.55. The number of aliphatic hydroxyl groups excluding tert-OH is 1. The summed E-state index contributed by atoms with van der Waals surface area (Å²) < 4.78 is 6.47. The maximum atomic E-state index is 12.3. The molecule has 1 atom stereocenters. The van der Waals surface area contributed by atoms with E-state index in [1.807, 2.05) is 37.3 Å². The first kappa shape index (κ1) is 16.4. The number of carbonyl (C=O) groups excluding carboxylic acids is 1. The fraction of sp³-hybridized carbons (Fsp3) is 0.222. The molecule has 3 rings (SSSR count). The lowest BCUT2D eigenvalue weighted by Gasteiger charge is -2.12. The Hall–Kier alpha value is -2.44. The highest BCUT2D eigenvalue weighted by molar-refractivity contribution is 7.19. The molecule has 24 heavy (non-hydrogen) atoms. The Morgan fingerprint density at radius 1 is 1.33 bits per heavy atom. The molecule has 2 heterocycles. The van der Waals surface area contributed by atoms with Gasteiger partial charge in [0.05, 0.1) is 6.61 Å². The van der Waals surface area contributed by atoms with E-state index in [4.69, 9.17) is 4.74 Å². The summed E-state index contributed by atoms with van der Waals surface area (Å²) in [5, 5.41) is 14.2. The number of thiophene rings is 1. The maximum Gasteiger partial charge on any atom is 0.256 e. The molecular weight excluding hydrogens is 324 g/mol. The third-order valence-electron chi connectivity index (χ3n) is 3.53. The Labute approximate surface area is 143 Å². The highest BCUT2D eigenvalue weighted by atomic mass is 32.1. The number of hydrogen-bond acceptors (Lipinski definition) is 5. The molecule has 0 bridgehead atoms. The molecule has 124 valence electrons. The molecule has 0 aliphatic carbocycles. The summed E-state index contributed by atoms with van der Waals surface area (Å²) in [6.45, 7) is 2.40. The Morgan fingerprint density at radius 3 is 2.96 bits per heavy atom. The lowest BCUT2D eigenvalue weighted by Crippen LogP contribution is -2.28. The van der Waals surface area contributed by atoms with Crippen molar-refractivity contribution in [3.63, 3.8) is 0 Å². The zero-order valence-corrected chi connectivity index (χ0v) is 14.0. The highest BCUT2D eigenvalue weighted by Crippen LogP contribution is 2.29. The average Bonchev–Trinajstić information content (AvgIpc) is 3.04. The molecule has 1 aromatic carbocycles. The number of nitrogens with one attached hydrogen (secondary N) is 1. The van der Waals surface area contributed by atoms with Crippen LogP contribution in [0.3, 0.4) is 0 Å². The highest BCUT2D eigenvalue weighted by Gasteiger charge is 2.16. The van der Waals surface area contributed by atoms with Gasteiger partial charge in [-0.3, -0.25) is 4.79 Å². The molecule has 0 spiro atoms. The van der Waals surface area contributed by atoms with E-state index in [0.717, 1.165) is 15.0 Å². The van der Waals surface area contributed by atoms with Crippen molar-refractivity contribution in [3.8, 4) is 5.88 Å². The standard InChI is InChI=1S/C18H18N2O3S/c1-2-23-18-13(7-5-9-19-18)17(22)20-11-14(21)16-10-12-6-3-4-8-15(12)24-16/h3-10,14,21H,2,11H2,1H3,(H,20,22). The minimum atomic E-state index is -0.751. The number of amides is 1. The van der Waals surface area contributed by atoms with E-state index in [1.165, 1.54) is 11.3 Å². The van der Waals surface area contributed by atoms with Crippen LogP contribution in [-0.2, 0) is 0 Å². The number of rotatable bonds is 6. The van der Waals surface area contributed by atoms with Crippen LogP contribution in [0.1, 0.15) is 28.3 Å². The lowest BCUT2D eigenvalue weighted by atomic mass is 10.2. The average molecular weight is 342 g/mol. The molecule has 0 aliphatic heterocycles. The summed E-state index contributed by atoms with van der Waals surface area (Å²) in [5.74, 6) is -0.0134. The van der Waals surface area contributed by atoms with Gasteiger partial charge in [-0.1, -0.05) is 18.2 Å². The van der Waals surface area contributed by atoms with Crippen molar-refractivity contribution in [3.05, 3.63) is 59.1 Å². The molecule has 5 nitrogen and oxygen atoms in total. The van der Waals surface area contributed by atoms with Crippen molar-refractivity contribution in [1.82, 2.24) is 10.3 Å². The van der Waals surface area contributed by atoms with E-state index in [-0.39, 0.29) is 12.5 Å². The number of carbonyl (C=O) groups is 1. The van der Waals surface area contributed by atoms with Crippen LogP contribution >= 0.6 is 11.3 Å². The number of aliphatic hydroxyl groups is 1. The van der Waals surface area contributed by atoms with Crippen LogP contribution in [0.15, 0.2) is 48.7 Å². The predicted octanol–water partition coefficient (Wildman–Crippen LogP) is 3.16. The SMILES string of the molecule is CCOc1ncccc1C(=O)NCC(O)c1cc2ccccc2s1. The molecule has 2 N–H and O–H groups in total. The molecule has 1 unspecified atom stereocenters. The summed E-state index contributed by atoms with van der Waals surface area (Å²) in [5.41, 5.74) is 0.364. The summed E-state index contributed by atoms with van der Waals surface area (Å²) in [6.07, 6.45) is 0.826.